The monoisotopic (exact) mass is 270 g/mol. The van der Waals surface area contributed by atoms with Crippen LogP contribution in [0.1, 0.15) is 33.2 Å². The molecule has 0 atom stereocenters. The quantitative estimate of drug-likeness (QED) is 0.627. The van der Waals surface area contributed by atoms with E-state index in [1.807, 2.05) is 6.92 Å². The molecule has 80 valence electrons. The summed E-state index contributed by atoms with van der Waals surface area (Å²) in [6.07, 6.45) is 0.656. The Morgan fingerprint density at radius 3 is 2.73 bits per heavy atom. The van der Waals surface area contributed by atoms with Crippen molar-refractivity contribution < 1.29 is 14.3 Å². The molecule has 0 aliphatic rings. The molecule has 1 aromatic carbocycles. The van der Waals surface area contributed by atoms with E-state index >= 15 is 0 Å². The lowest BCUT2D eigenvalue weighted by Crippen LogP contribution is -2.08. The molecule has 3 nitrogen and oxygen atoms in total. The molecule has 0 fully saturated rings. The van der Waals surface area contributed by atoms with E-state index in [0.29, 0.717) is 28.5 Å². The molecule has 15 heavy (non-hydrogen) atoms. The summed E-state index contributed by atoms with van der Waals surface area (Å²) < 4.78 is 5.49. The fourth-order valence-corrected chi connectivity index (χ4v) is 1.64. The number of benzene rings is 1. The second-order valence-electron chi connectivity index (χ2n) is 3.00. The van der Waals surface area contributed by atoms with Gasteiger partial charge in [0, 0.05) is 10.0 Å². The molecule has 0 amide bonds. The molecule has 0 aliphatic heterocycles. The lowest BCUT2D eigenvalue weighted by molar-refractivity contribution is 0.0524. The van der Waals surface area contributed by atoms with Gasteiger partial charge in [-0.1, -0.05) is 6.07 Å². The highest BCUT2D eigenvalue weighted by atomic mass is 79.9. The van der Waals surface area contributed by atoms with Gasteiger partial charge in [0.25, 0.3) is 0 Å². The third kappa shape index (κ3) is 2.45. The van der Waals surface area contributed by atoms with Crippen molar-refractivity contribution in [3.8, 4) is 0 Å². The molecule has 0 radical (unpaired) electrons. The molecule has 0 aliphatic carbocycles. The normalized spacial score (nSPS) is 9.80. The van der Waals surface area contributed by atoms with Gasteiger partial charge in [-0.2, -0.15) is 0 Å². The van der Waals surface area contributed by atoms with Crippen LogP contribution < -0.4 is 0 Å². The Hall–Kier alpha value is -1.16. The molecule has 1 aromatic rings. The van der Waals surface area contributed by atoms with Crippen LogP contribution in [-0.4, -0.2) is 18.9 Å². The van der Waals surface area contributed by atoms with Crippen LogP contribution >= 0.6 is 15.9 Å². The van der Waals surface area contributed by atoms with Gasteiger partial charge in [0.15, 0.2) is 6.29 Å². The van der Waals surface area contributed by atoms with Crippen LogP contribution in [0.5, 0.6) is 0 Å². The number of ether oxygens (including phenoxy) is 1. The van der Waals surface area contributed by atoms with Gasteiger partial charge in [-0.25, -0.2) is 4.79 Å². The van der Waals surface area contributed by atoms with Gasteiger partial charge in [0.05, 0.1) is 12.2 Å². The summed E-state index contributed by atoms with van der Waals surface area (Å²) in [6, 6.07) is 3.37. The molecule has 1 rings (SSSR count). The maximum Gasteiger partial charge on any atom is 0.338 e. The molecule has 0 spiro atoms. The maximum absolute atomic E-state index is 11.5. The topological polar surface area (TPSA) is 43.4 Å². The number of carbonyl (C=O) groups is 2. The van der Waals surface area contributed by atoms with Gasteiger partial charge in [0.1, 0.15) is 0 Å². The lowest BCUT2D eigenvalue weighted by Gasteiger charge is -2.07. The van der Waals surface area contributed by atoms with E-state index < -0.39 is 5.97 Å². The van der Waals surface area contributed by atoms with Gasteiger partial charge < -0.3 is 4.74 Å². The van der Waals surface area contributed by atoms with E-state index in [-0.39, 0.29) is 0 Å². The predicted octanol–water partition coefficient (Wildman–Crippen LogP) is 2.75. The van der Waals surface area contributed by atoms with Gasteiger partial charge in [-0.05, 0) is 41.4 Å². The fraction of sp³-hybridized carbons (Fsp3) is 0.273. The zero-order valence-electron chi connectivity index (χ0n) is 8.54. The summed E-state index contributed by atoms with van der Waals surface area (Å²) in [7, 11) is 0. The van der Waals surface area contributed by atoms with Crippen LogP contribution in [-0.2, 0) is 4.74 Å². The Kier molecular flexibility index (Phi) is 4.03. The summed E-state index contributed by atoms with van der Waals surface area (Å²) >= 11 is 3.27. The average Bonchev–Trinajstić information content (AvgIpc) is 2.22. The number of halogens is 1. The Morgan fingerprint density at radius 2 is 2.20 bits per heavy atom. The number of esters is 1. The van der Waals surface area contributed by atoms with E-state index in [1.165, 1.54) is 0 Å². The third-order valence-electron chi connectivity index (χ3n) is 1.99. The Balaban J connectivity index is 3.24. The molecule has 4 heteroatoms. The predicted molar refractivity (Wildman–Crippen MR) is 60.2 cm³/mol. The lowest BCUT2D eigenvalue weighted by atomic mass is 10.1. The minimum atomic E-state index is -0.472. The number of aldehydes is 1. The van der Waals surface area contributed by atoms with Crippen LogP contribution in [0.4, 0.5) is 0 Å². The van der Waals surface area contributed by atoms with Crippen LogP contribution in [0.15, 0.2) is 16.6 Å². The Bertz CT molecular complexity index is 399. The average molecular weight is 271 g/mol. The van der Waals surface area contributed by atoms with Crippen molar-refractivity contribution in [1.29, 1.82) is 0 Å². The summed E-state index contributed by atoms with van der Waals surface area (Å²) in [6.45, 7) is 3.87. The minimum Gasteiger partial charge on any atom is -0.462 e. The zero-order valence-corrected chi connectivity index (χ0v) is 10.1. The molecular weight excluding hydrogens is 260 g/mol. The second-order valence-corrected chi connectivity index (χ2v) is 3.79. The first kappa shape index (κ1) is 11.9. The molecule has 0 heterocycles. The van der Waals surface area contributed by atoms with Gasteiger partial charge >= 0.3 is 5.97 Å². The van der Waals surface area contributed by atoms with Gasteiger partial charge in [-0.15, -0.1) is 0 Å². The van der Waals surface area contributed by atoms with Crippen LogP contribution in [0, 0.1) is 6.92 Å². The zero-order chi connectivity index (χ0) is 11.4. The number of rotatable bonds is 3. The van der Waals surface area contributed by atoms with Crippen molar-refractivity contribution in [3.63, 3.8) is 0 Å². The van der Waals surface area contributed by atoms with E-state index in [4.69, 9.17) is 4.74 Å². The molecule has 0 aromatic heterocycles. The first-order chi connectivity index (χ1) is 7.11. The van der Waals surface area contributed by atoms with Crippen LogP contribution in [0.3, 0.4) is 0 Å². The van der Waals surface area contributed by atoms with Gasteiger partial charge in [-0.3, -0.25) is 4.79 Å². The highest BCUT2D eigenvalue weighted by Crippen LogP contribution is 2.23. The standard InChI is InChI=1S/C11H11BrO3/c1-3-15-11(14)8-5-4-7(2)10(12)9(8)6-13/h4-6H,3H2,1-2H3. The van der Waals surface area contributed by atoms with E-state index in [0.717, 1.165) is 5.56 Å². The molecule has 0 saturated carbocycles. The number of hydrogen-bond donors (Lipinski definition) is 0. The molecular formula is C11H11BrO3. The number of carbonyl (C=O) groups excluding carboxylic acids is 2. The van der Waals surface area contributed by atoms with Crippen molar-refractivity contribution in [1.82, 2.24) is 0 Å². The molecule has 0 saturated heterocycles. The first-order valence-corrected chi connectivity index (χ1v) is 5.32. The Morgan fingerprint density at radius 1 is 1.53 bits per heavy atom. The number of aryl methyl sites for hydroxylation is 1. The van der Waals surface area contributed by atoms with Crippen LogP contribution in [0.2, 0.25) is 0 Å². The molecule has 0 N–H and O–H groups in total. The van der Waals surface area contributed by atoms with Crippen LogP contribution in [0.25, 0.3) is 0 Å². The summed E-state index contributed by atoms with van der Waals surface area (Å²) in [5.41, 5.74) is 1.54. The Labute approximate surface area is 96.6 Å². The van der Waals surface area contributed by atoms with Crippen molar-refractivity contribution in [3.05, 3.63) is 33.3 Å². The summed E-state index contributed by atoms with van der Waals surface area (Å²) in [5.74, 6) is -0.472. The summed E-state index contributed by atoms with van der Waals surface area (Å²) in [4.78, 5) is 22.4. The van der Waals surface area contributed by atoms with Crippen molar-refractivity contribution in [2.24, 2.45) is 0 Å². The SMILES string of the molecule is CCOC(=O)c1ccc(C)c(Br)c1C=O. The van der Waals surface area contributed by atoms with E-state index in [2.05, 4.69) is 15.9 Å². The largest absolute Gasteiger partial charge is 0.462 e. The number of hydrogen-bond acceptors (Lipinski definition) is 3. The smallest absolute Gasteiger partial charge is 0.338 e. The van der Waals surface area contributed by atoms with E-state index in [9.17, 15) is 9.59 Å². The van der Waals surface area contributed by atoms with E-state index in [1.54, 1.807) is 19.1 Å². The maximum atomic E-state index is 11.5. The minimum absolute atomic E-state index is 0.294. The first-order valence-electron chi connectivity index (χ1n) is 4.53. The highest BCUT2D eigenvalue weighted by Gasteiger charge is 2.15. The third-order valence-corrected chi connectivity index (χ3v) is 3.04. The molecule has 0 unspecified atom stereocenters. The van der Waals surface area contributed by atoms with Crippen molar-refractivity contribution >= 4 is 28.2 Å². The molecule has 0 bridgehead atoms. The fourth-order valence-electron chi connectivity index (χ4n) is 1.20. The second kappa shape index (κ2) is 5.07. The highest BCUT2D eigenvalue weighted by molar-refractivity contribution is 9.10. The summed E-state index contributed by atoms with van der Waals surface area (Å²) in [5, 5.41) is 0. The van der Waals surface area contributed by atoms with Crippen molar-refractivity contribution in [2.45, 2.75) is 13.8 Å². The van der Waals surface area contributed by atoms with Gasteiger partial charge in [0.2, 0.25) is 0 Å². The van der Waals surface area contributed by atoms with Crippen molar-refractivity contribution in [2.75, 3.05) is 6.61 Å².